The fourth-order valence-electron chi connectivity index (χ4n) is 3.13. The second-order valence-electron chi connectivity index (χ2n) is 7.10. The first kappa shape index (κ1) is 22.2. The van der Waals surface area contributed by atoms with Crippen molar-refractivity contribution in [2.75, 3.05) is 19.8 Å². The zero-order chi connectivity index (χ0) is 21.2. The van der Waals surface area contributed by atoms with Crippen LogP contribution in [0, 0.1) is 0 Å². The number of aliphatic hydroxyl groups is 1. The topological polar surface area (TPSA) is 55.1 Å². The highest BCUT2D eigenvalue weighted by atomic mass is 35.5. The molecule has 0 aliphatic carbocycles. The van der Waals surface area contributed by atoms with Crippen molar-refractivity contribution in [3.63, 3.8) is 0 Å². The van der Waals surface area contributed by atoms with Gasteiger partial charge in [0.15, 0.2) is 0 Å². The van der Waals surface area contributed by atoms with Gasteiger partial charge in [-0.1, -0.05) is 48.9 Å². The third-order valence-electron chi connectivity index (χ3n) is 4.52. The smallest absolute Gasteiger partial charge is 0.138 e. The van der Waals surface area contributed by atoms with E-state index in [0.29, 0.717) is 37.0 Å². The van der Waals surface area contributed by atoms with Crippen LogP contribution in [0.15, 0.2) is 71.3 Å². The van der Waals surface area contributed by atoms with Gasteiger partial charge in [-0.05, 0) is 36.8 Å². The van der Waals surface area contributed by atoms with Gasteiger partial charge >= 0.3 is 0 Å². The Labute approximate surface area is 182 Å². The average molecular weight is 430 g/mol. The first-order chi connectivity index (χ1) is 14.7. The van der Waals surface area contributed by atoms with Crippen LogP contribution in [-0.4, -0.2) is 35.9 Å². The molecule has 6 heteroatoms. The molecule has 160 valence electrons. The molecular weight excluding hydrogens is 402 g/mol. The predicted octanol–water partition coefficient (Wildman–Crippen LogP) is 5.16. The van der Waals surface area contributed by atoms with Crippen molar-refractivity contribution < 1.29 is 19.0 Å². The van der Waals surface area contributed by atoms with E-state index in [2.05, 4.69) is 11.8 Å². The largest absolute Gasteiger partial charge is 0.493 e. The summed E-state index contributed by atoms with van der Waals surface area (Å²) in [7, 11) is 0. The molecule has 0 amide bonds. The van der Waals surface area contributed by atoms with Crippen LogP contribution in [0.2, 0.25) is 5.02 Å². The zero-order valence-corrected chi connectivity index (χ0v) is 17.9. The molecule has 3 rings (SSSR count). The number of para-hydroxylation sites is 2. The normalized spacial score (nSPS) is 12.1. The van der Waals surface area contributed by atoms with Crippen LogP contribution in [0.1, 0.15) is 24.7 Å². The van der Waals surface area contributed by atoms with E-state index < -0.39 is 6.10 Å². The highest BCUT2D eigenvalue weighted by molar-refractivity contribution is 6.32. The molecule has 1 aromatic heterocycles. The molecule has 0 radical (unpaired) electrons. The highest BCUT2D eigenvalue weighted by Crippen LogP contribution is 2.24. The van der Waals surface area contributed by atoms with Gasteiger partial charge in [-0.25, -0.2) is 0 Å². The number of halogens is 1. The van der Waals surface area contributed by atoms with Crippen LogP contribution < -0.4 is 9.47 Å². The van der Waals surface area contributed by atoms with Crippen molar-refractivity contribution in [1.82, 2.24) is 4.90 Å². The van der Waals surface area contributed by atoms with E-state index >= 15 is 0 Å². The third-order valence-corrected chi connectivity index (χ3v) is 4.84. The highest BCUT2D eigenvalue weighted by Gasteiger charge is 2.17. The van der Waals surface area contributed by atoms with E-state index in [1.165, 1.54) is 0 Å². The molecule has 0 bridgehead atoms. The molecule has 0 aliphatic heterocycles. The summed E-state index contributed by atoms with van der Waals surface area (Å²) in [6, 6.07) is 19.0. The van der Waals surface area contributed by atoms with Gasteiger partial charge in [-0.15, -0.1) is 0 Å². The molecule has 1 heterocycles. The van der Waals surface area contributed by atoms with Crippen molar-refractivity contribution in [2.24, 2.45) is 0 Å². The average Bonchev–Trinajstić information content (AvgIpc) is 3.25. The summed E-state index contributed by atoms with van der Waals surface area (Å²) >= 11 is 6.13. The summed E-state index contributed by atoms with van der Waals surface area (Å²) in [6.07, 6.45) is 1.91. The minimum absolute atomic E-state index is 0.145. The molecule has 0 aliphatic rings. The molecular formula is C24H28ClNO4. The molecule has 1 N–H and O–H groups in total. The Balaban J connectivity index is 1.66. The van der Waals surface area contributed by atoms with Gasteiger partial charge in [0.1, 0.15) is 30.0 Å². The first-order valence-corrected chi connectivity index (χ1v) is 10.5. The number of rotatable bonds is 12. The molecule has 0 saturated heterocycles. The zero-order valence-electron chi connectivity index (χ0n) is 17.2. The minimum atomic E-state index is -0.694. The standard InChI is InChI=1S/C24H28ClNO4/c1-2-13-29-23-11-5-3-8-19(23)15-26(17-21-9-7-14-28-21)16-20(27)18-30-24-12-6-4-10-22(24)25/h3-12,14,20,27H,2,13,15-18H2,1H3. The second-order valence-corrected chi connectivity index (χ2v) is 7.51. The number of ether oxygens (including phenoxy) is 2. The first-order valence-electron chi connectivity index (χ1n) is 10.2. The molecule has 1 atom stereocenters. The number of aliphatic hydroxyl groups excluding tert-OH is 1. The predicted molar refractivity (Wildman–Crippen MR) is 118 cm³/mol. The van der Waals surface area contributed by atoms with Gasteiger partial charge in [0.25, 0.3) is 0 Å². The maximum absolute atomic E-state index is 10.6. The second kappa shape index (κ2) is 11.6. The number of nitrogens with zero attached hydrogens (tertiary/aromatic N) is 1. The lowest BCUT2D eigenvalue weighted by Gasteiger charge is -2.25. The summed E-state index contributed by atoms with van der Waals surface area (Å²) in [4.78, 5) is 2.12. The molecule has 2 aromatic carbocycles. The number of hydrogen-bond donors (Lipinski definition) is 1. The van der Waals surface area contributed by atoms with Gasteiger partial charge in [-0.2, -0.15) is 0 Å². The monoisotopic (exact) mass is 429 g/mol. The Kier molecular flexibility index (Phi) is 8.63. The quantitative estimate of drug-likeness (QED) is 0.430. The van der Waals surface area contributed by atoms with Crippen molar-refractivity contribution in [2.45, 2.75) is 32.5 Å². The van der Waals surface area contributed by atoms with Gasteiger partial charge in [0.05, 0.1) is 24.4 Å². The van der Waals surface area contributed by atoms with Crippen LogP contribution in [0.4, 0.5) is 0 Å². The Morgan fingerprint density at radius 2 is 1.73 bits per heavy atom. The van der Waals surface area contributed by atoms with Crippen LogP contribution in [-0.2, 0) is 13.1 Å². The van der Waals surface area contributed by atoms with Crippen molar-refractivity contribution in [3.8, 4) is 11.5 Å². The summed E-state index contributed by atoms with van der Waals surface area (Å²) in [5.41, 5.74) is 1.07. The van der Waals surface area contributed by atoms with Gasteiger partial charge in [0.2, 0.25) is 0 Å². The number of furan rings is 1. The summed E-state index contributed by atoms with van der Waals surface area (Å²) in [5.74, 6) is 2.26. The summed E-state index contributed by atoms with van der Waals surface area (Å²) in [5, 5.41) is 11.1. The Bertz CT molecular complexity index is 884. The maximum atomic E-state index is 10.6. The fourth-order valence-corrected chi connectivity index (χ4v) is 3.32. The van der Waals surface area contributed by atoms with Crippen LogP contribution >= 0.6 is 11.6 Å². The lowest BCUT2D eigenvalue weighted by Crippen LogP contribution is -2.35. The van der Waals surface area contributed by atoms with Crippen molar-refractivity contribution in [1.29, 1.82) is 0 Å². The van der Waals surface area contributed by atoms with Crippen LogP contribution in [0.3, 0.4) is 0 Å². The molecule has 0 fully saturated rings. The van der Waals surface area contributed by atoms with Gasteiger partial charge in [-0.3, -0.25) is 4.90 Å². The molecule has 0 spiro atoms. The molecule has 30 heavy (non-hydrogen) atoms. The summed E-state index contributed by atoms with van der Waals surface area (Å²) in [6.45, 7) is 4.49. The van der Waals surface area contributed by atoms with E-state index in [0.717, 1.165) is 23.5 Å². The Hall–Kier alpha value is -2.47. The molecule has 0 saturated carbocycles. The van der Waals surface area contributed by atoms with Gasteiger partial charge < -0.3 is 19.0 Å². The molecule has 3 aromatic rings. The van der Waals surface area contributed by atoms with Gasteiger partial charge in [0, 0.05) is 18.7 Å². The molecule has 5 nitrogen and oxygen atoms in total. The van der Waals surface area contributed by atoms with E-state index in [1.807, 2.05) is 48.5 Å². The van der Waals surface area contributed by atoms with Crippen molar-refractivity contribution >= 4 is 11.6 Å². The fraction of sp³-hybridized carbons (Fsp3) is 0.333. The summed E-state index contributed by atoms with van der Waals surface area (Å²) < 4.78 is 17.1. The van der Waals surface area contributed by atoms with E-state index in [9.17, 15) is 5.11 Å². The van der Waals surface area contributed by atoms with E-state index in [-0.39, 0.29) is 6.61 Å². The number of hydrogen-bond acceptors (Lipinski definition) is 5. The third kappa shape index (κ3) is 6.80. The van der Waals surface area contributed by atoms with Crippen molar-refractivity contribution in [3.05, 3.63) is 83.3 Å². The molecule has 1 unspecified atom stereocenters. The van der Waals surface area contributed by atoms with E-state index in [4.69, 9.17) is 25.5 Å². The maximum Gasteiger partial charge on any atom is 0.138 e. The lowest BCUT2D eigenvalue weighted by atomic mass is 10.1. The SMILES string of the molecule is CCCOc1ccccc1CN(Cc1ccco1)CC(O)COc1ccccc1Cl. The van der Waals surface area contributed by atoms with E-state index in [1.54, 1.807) is 18.4 Å². The lowest BCUT2D eigenvalue weighted by molar-refractivity contribution is 0.0601. The Morgan fingerprint density at radius 3 is 2.47 bits per heavy atom. The van der Waals surface area contributed by atoms with Crippen LogP contribution in [0.25, 0.3) is 0 Å². The van der Waals surface area contributed by atoms with Crippen LogP contribution in [0.5, 0.6) is 11.5 Å². The Morgan fingerprint density at radius 1 is 0.967 bits per heavy atom. The number of benzene rings is 2. The minimum Gasteiger partial charge on any atom is -0.493 e.